The van der Waals surface area contributed by atoms with Gasteiger partial charge in [0.05, 0.1) is 11.7 Å². The van der Waals surface area contributed by atoms with Crippen molar-refractivity contribution in [2.24, 2.45) is 5.73 Å². The van der Waals surface area contributed by atoms with E-state index in [1.165, 1.54) is 0 Å². The van der Waals surface area contributed by atoms with Gasteiger partial charge in [-0.05, 0) is 38.4 Å². The average molecular weight is 280 g/mol. The Bertz CT molecular complexity index is 424. The number of nitrogens with one attached hydrogen (secondary N) is 1. The van der Waals surface area contributed by atoms with Crippen molar-refractivity contribution in [3.05, 3.63) is 18.6 Å². The van der Waals surface area contributed by atoms with Gasteiger partial charge in [-0.3, -0.25) is 9.78 Å². The summed E-state index contributed by atoms with van der Waals surface area (Å²) in [7, 11) is 0. The van der Waals surface area contributed by atoms with Crippen molar-refractivity contribution in [1.29, 1.82) is 0 Å². The third-order valence-electron chi connectivity index (χ3n) is 3.25. The average Bonchev–Trinajstić information content (AvgIpc) is 3.19. The number of thioether (sulfide) groups is 1. The summed E-state index contributed by atoms with van der Waals surface area (Å²) in [4.78, 5) is 19.8. The second kappa shape index (κ2) is 6.34. The van der Waals surface area contributed by atoms with Crippen LogP contribution >= 0.6 is 11.8 Å². The van der Waals surface area contributed by atoms with Crippen molar-refractivity contribution in [2.45, 2.75) is 49.2 Å². The molecule has 0 radical (unpaired) electrons. The Balaban J connectivity index is 1.74. The summed E-state index contributed by atoms with van der Waals surface area (Å²) < 4.78 is 0. The maximum Gasteiger partial charge on any atom is 0.237 e. The molecule has 19 heavy (non-hydrogen) atoms. The Morgan fingerprint density at radius 3 is 2.95 bits per heavy atom. The van der Waals surface area contributed by atoms with Crippen LogP contribution in [-0.4, -0.2) is 33.2 Å². The van der Waals surface area contributed by atoms with Gasteiger partial charge >= 0.3 is 0 Å². The second-order valence-electron chi connectivity index (χ2n) is 5.11. The third kappa shape index (κ3) is 4.47. The van der Waals surface area contributed by atoms with Crippen molar-refractivity contribution in [3.8, 4) is 0 Å². The van der Waals surface area contributed by atoms with Crippen LogP contribution in [0.2, 0.25) is 0 Å². The van der Waals surface area contributed by atoms with Crippen LogP contribution in [-0.2, 0) is 4.79 Å². The van der Waals surface area contributed by atoms with Crippen molar-refractivity contribution in [2.75, 3.05) is 5.75 Å². The molecule has 0 spiro atoms. The molecule has 1 aromatic heterocycles. The van der Waals surface area contributed by atoms with E-state index in [9.17, 15) is 4.79 Å². The number of hydrogen-bond donors (Lipinski definition) is 2. The highest BCUT2D eigenvalue weighted by Gasteiger charge is 2.36. The Labute approximate surface area is 117 Å². The van der Waals surface area contributed by atoms with Gasteiger partial charge in [-0.1, -0.05) is 0 Å². The van der Waals surface area contributed by atoms with E-state index in [-0.39, 0.29) is 5.91 Å². The Kier molecular flexibility index (Phi) is 4.76. The lowest BCUT2D eigenvalue weighted by molar-refractivity contribution is -0.124. The molecule has 1 fully saturated rings. The van der Waals surface area contributed by atoms with Crippen LogP contribution in [0.25, 0.3) is 0 Å². The molecule has 1 aliphatic rings. The minimum absolute atomic E-state index is 0.260. The van der Waals surface area contributed by atoms with Crippen LogP contribution in [0.1, 0.15) is 32.6 Å². The predicted molar refractivity (Wildman–Crippen MR) is 75.7 cm³/mol. The monoisotopic (exact) mass is 280 g/mol. The molecule has 1 heterocycles. The van der Waals surface area contributed by atoms with E-state index in [0.717, 1.165) is 36.5 Å². The number of aromatic nitrogens is 2. The SMILES string of the molecule is CC(CCCSc1cnccn1)(NC1CC1)C(N)=O. The number of amides is 1. The smallest absolute Gasteiger partial charge is 0.237 e. The quantitative estimate of drug-likeness (QED) is 0.555. The lowest BCUT2D eigenvalue weighted by atomic mass is 9.95. The van der Waals surface area contributed by atoms with E-state index >= 15 is 0 Å². The third-order valence-corrected chi connectivity index (χ3v) is 4.25. The van der Waals surface area contributed by atoms with E-state index in [2.05, 4.69) is 15.3 Å². The molecule has 5 nitrogen and oxygen atoms in total. The minimum atomic E-state index is -0.579. The molecular formula is C13H20N4OS. The zero-order chi connectivity index (χ0) is 13.7. The minimum Gasteiger partial charge on any atom is -0.368 e. The van der Waals surface area contributed by atoms with Crippen LogP contribution < -0.4 is 11.1 Å². The summed E-state index contributed by atoms with van der Waals surface area (Å²) in [5, 5.41) is 4.27. The highest BCUT2D eigenvalue weighted by molar-refractivity contribution is 7.99. The molecule has 2 rings (SSSR count). The fourth-order valence-corrected chi connectivity index (χ4v) is 2.68. The normalized spacial score (nSPS) is 17.9. The first-order valence-corrected chi connectivity index (χ1v) is 7.55. The van der Waals surface area contributed by atoms with Crippen molar-refractivity contribution in [3.63, 3.8) is 0 Å². The van der Waals surface area contributed by atoms with Crippen LogP contribution in [0.3, 0.4) is 0 Å². The maximum atomic E-state index is 11.6. The first-order valence-electron chi connectivity index (χ1n) is 6.56. The predicted octanol–water partition coefficient (Wildman–Crippen LogP) is 1.34. The molecule has 0 saturated heterocycles. The van der Waals surface area contributed by atoms with Gasteiger partial charge in [0.15, 0.2) is 0 Å². The van der Waals surface area contributed by atoms with Crippen molar-refractivity contribution >= 4 is 17.7 Å². The fourth-order valence-electron chi connectivity index (χ4n) is 1.91. The summed E-state index contributed by atoms with van der Waals surface area (Å²) in [6.07, 6.45) is 9.07. The number of carbonyl (C=O) groups is 1. The zero-order valence-electron chi connectivity index (χ0n) is 11.1. The topological polar surface area (TPSA) is 80.9 Å². The van der Waals surface area contributed by atoms with Gasteiger partial charge < -0.3 is 11.1 Å². The summed E-state index contributed by atoms with van der Waals surface area (Å²) in [5.41, 5.74) is 4.93. The van der Waals surface area contributed by atoms with Crippen LogP contribution in [0.5, 0.6) is 0 Å². The summed E-state index contributed by atoms with van der Waals surface area (Å²) in [6.45, 7) is 1.90. The molecule has 104 valence electrons. The number of nitrogens with zero attached hydrogens (tertiary/aromatic N) is 2. The molecule has 1 aromatic rings. The molecule has 0 aromatic carbocycles. The number of nitrogens with two attached hydrogens (primary N) is 1. The second-order valence-corrected chi connectivity index (χ2v) is 6.23. The number of hydrogen-bond acceptors (Lipinski definition) is 5. The first-order chi connectivity index (χ1) is 9.10. The molecular weight excluding hydrogens is 260 g/mol. The molecule has 0 aliphatic heterocycles. The summed E-state index contributed by atoms with van der Waals surface area (Å²) >= 11 is 1.65. The standard InChI is InChI=1S/C13H20N4OS/c1-13(12(14)18,17-10-3-4-10)5-2-8-19-11-9-15-6-7-16-11/h6-7,9-10,17H,2-5,8H2,1H3,(H2,14,18). The molecule has 0 bridgehead atoms. The van der Waals surface area contributed by atoms with E-state index in [1.54, 1.807) is 30.4 Å². The lowest BCUT2D eigenvalue weighted by Gasteiger charge is -2.27. The zero-order valence-corrected chi connectivity index (χ0v) is 11.9. The van der Waals surface area contributed by atoms with Crippen LogP contribution in [0.15, 0.2) is 23.6 Å². The van der Waals surface area contributed by atoms with Crippen molar-refractivity contribution < 1.29 is 4.79 Å². The number of rotatable bonds is 8. The summed E-state index contributed by atoms with van der Waals surface area (Å²) in [6, 6.07) is 0.477. The van der Waals surface area contributed by atoms with E-state index in [1.807, 2.05) is 6.92 Å². The van der Waals surface area contributed by atoms with E-state index in [4.69, 9.17) is 5.73 Å². The highest BCUT2D eigenvalue weighted by Crippen LogP contribution is 2.25. The molecule has 1 saturated carbocycles. The fraction of sp³-hybridized carbons (Fsp3) is 0.615. The number of carbonyl (C=O) groups excluding carboxylic acids is 1. The van der Waals surface area contributed by atoms with Gasteiger partial charge in [0.2, 0.25) is 5.91 Å². The molecule has 6 heteroatoms. The first kappa shape index (κ1) is 14.3. The summed E-state index contributed by atoms with van der Waals surface area (Å²) in [5.74, 6) is 0.650. The molecule has 1 atom stereocenters. The molecule has 3 N–H and O–H groups in total. The Hall–Kier alpha value is -1.14. The molecule has 1 aliphatic carbocycles. The lowest BCUT2D eigenvalue weighted by Crippen LogP contribution is -2.54. The largest absolute Gasteiger partial charge is 0.368 e. The van der Waals surface area contributed by atoms with Gasteiger partial charge in [-0.2, -0.15) is 0 Å². The van der Waals surface area contributed by atoms with Crippen LogP contribution in [0.4, 0.5) is 0 Å². The van der Waals surface area contributed by atoms with E-state index < -0.39 is 5.54 Å². The number of primary amides is 1. The van der Waals surface area contributed by atoms with Gasteiger partial charge in [-0.25, -0.2) is 4.98 Å². The van der Waals surface area contributed by atoms with Gasteiger partial charge in [-0.15, -0.1) is 11.8 Å². The Morgan fingerprint density at radius 1 is 1.58 bits per heavy atom. The van der Waals surface area contributed by atoms with E-state index in [0.29, 0.717) is 6.04 Å². The molecule has 1 unspecified atom stereocenters. The van der Waals surface area contributed by atoms with Gasteiger partial charge in [0.1, 0.15) is 5.03 Å². The highest BCUT2D eigenvalue weighted by atomic mass is 32.2. The van der Waals surface area contributed by atoms with Gasteiger partial charge in [0.25, 0.3) is 0 Å². The Morgan fingerprint density at radius 2 is 2.37 bits per heavy atom. The van der Waals surface area contributed by atoms with Crippen LogP contribution in [0, 0.1) is 0 Å². The molecule has 1 amide bonds. The van der Waals surface area contributed by atoms with Crippen molar-refractivity contribution in [1.82, 2.24) is 15.3 Å². The van der Waals surface area contributed by atoms with Gasteiger partial charge in [0, 0.05) is 18.4 Å². The maximum absolute atomic E-state index is 11.6.